The number of nitrogens with one attached hydrogen (secondary N) is 1. The number of alkyl halides is 3. The molecule has 144 valence electrons. The zero-order valence-corrected chi connectivity index (χ0v) is 13.4. The average Bonchev–Trinajstić information content (AvgIpc) is 2.64. The number of halogens is 5. The highest BCUT2D eigenvalue weighted by molar-refractivity contribution is 5.85. The first-order valence-electron chi connectivity index (χ1n) is 7.57. The summed E-state index contributed by atoms with van der Waals surface area (Å²) in [7, 11) is 0. The van der Waals surface area contributed by atoms with Crippen LogP contribution in [-0.4, -0.2) is 65.3 Å². The van der Waals surface area contributed by atoms with Crippen LogP contribution in [0, 0.1) is 11.6 Å². The van der Waals surface area contributed by atoms with Gasteiger partial charge in [0.1, 0.15) is 12.6 Å². The number of hydrogen-bond donors (Lipinski definition) is 2. The van der Waals surface area contributed by atoms with Crippen LogP contribution in [-0.2, 0) is 11.3 Å². The molecule has 1 aliphatic heterocycles. The van der Waals surface area contributed by atoms with E-state index in [1.165, 1.54) is 17.0 Å². The Kier molecular flexibility index (Phi) is 6.01. The SMILES string of the molecule is O=C(O)NC1CN(Cc2cccc(F)c2F)CCN(CC(F)(F)F)C1=O. The fraction of sp³-hybridized carbons (Fsp3) is 0.467. The summed E-state index contributed by atoms with van der Waals surface area (Å²) >= 11 is 0. The molecule has 1 unspecified atom stereocenters. The lowest BCUT2D eigenvalue weighted by atomic mass is 10.1. The van der Waals surface area contributed by atoms with Crippen molar-refractivity contribution in [1.29, 1.82) is 0 Å². The van der Waals surface area contributed by atoms with Gasteiger partial charge in [0.25, 0.3) is 0 Å². The van der Waals surface area contributed by atoms with E-state index in [1.807, 2.05) is 5.32 Å². The lowest BCUT2D eigenvalue weighted by Gasteiger charge is -2.24. The predicted octanol–water partition coefficient (Wildman–Crippen LogP) is 1.81. The van der Waals surface area contributed by atoms with Gasteiger partial charge in [-0.05, 0) is 6.07 Å². The van der Waals surface area contributed by atoms with Crippen molar-refractivity contribution in [2.24, 2.45) is 0 Å². The fourth-order valence-corrected chi connectivity index (χ4v) is 2.71. The Balaban J connectivity index is 2.20. The highest BCUT2D eigenvalue weighted by atomic mass is 19.4. The van der Waals surface area contributed by atoms with Gasteiger partial charge in [0.2, 0.25) is 5.91 Å². The van der Waals surface area contributed by atoms with Gasteiger partial charge in [-0.25, -0.2) is 13.6 Å². The minimum Gasteiger partial charge on any atom is -0.465 e. The van der Waals surface area contributed by atoms with Gasteiger partial charge in [0.15, 0.2) is 11.6 Å². The Morgan fingerprint density at radius 3 is 2.58 bits per heavy atom. The summed E-state index contributed by atoms with van der Waals surface area (Å²) in [6, 6.07) is 2.05. The highest BCUT2D eigenvalue weighted by Crippen LogP contribution is 2.20. The van der Waals surface area contributed by atoms with Gasteiger partial charge in [-0.15, -0.1) is 0 Å². The van der Waals surface area contributed by atoms with Crippen LogP contribution in [0.5, 0.6) is 0 Å². The monoisotopic (exact) mass is 381 g/mol. The van der Waals surface area contributed by atoms with Crippen LogP contribution in [0.15, 0.2) is 18.2 Å². The second kappa shape index (κ2) is 7.85. The van der Waals surface area contributed by atoms with Crippen molar-refractivity contribution in [1.82, 2.24) is 15.1 Å². The maximum Gasteiger partial charge on any atom is 0.406 e. The lowest BCUT2D eigenvalue weighted by Crippen LogP contribution is -2.51. The number of amides is 2. The molecule has 6 nitrogen and oxygen atoms in total. The van der Waals surface area contributed by atoms with E-state index in [-0.39, 0.29) is 31.7 Å². The first kappa shape index (κ1) is 19.9. The summed E-state index contributed by atoms with van der Waals surface area (Å²) in [6.45, 7) is -2.36. The molecule has 2 amide bonds. The number of carbonyl (C=O) groups excluding carboxylic acids is 1. The minimum atomic E-state index is -4.65. The van der Waals surface area contributed by atoms with E-state index in [2.05, 4.69) is 0 Å². The summed E-state index contributed by atoms with van der Waals surface area (Å²) in [4.78, 5) is 25.0. The first-order chi connectivity index (χ1) is 12.1. The number of rotatable bonds is 4. The van der Waals surface area contributed by atoms with Crippen LogP contribution < -0.4 is 5.32 Å². The largest absolute Gasteiger partial charge is 0.465 e. The van der Waals surface area contributed by atoms with E-state index >= 15 is 0 Å². The standard InChI is InChI=1S/C15H16F5N3O3/c16-10-3-1-2-9(12(10)17)6-22-4-5-23(8-15(18,19)20)13(24)11(7-22)21-14(25)26/h1-3,11,21H,4-8H2,(H,25,26). The molecule has 0 spiro atoms. The molecule has 11 heteroatoms. The van der Waals surface area contributed by atoms with E-state index < -0.39 is 42.4 Å². The van der Waals surface area contributed by atoms with Crippen LogP contribution in [0.2, 0.25) is 0 Å². The maximum atomic E-state index is 13.8. The summed E-state index contributed by atoms with van der Waals surface area (Å²) in [5.41, 5.74) is -0.0456. The molecular weight excluding hydrogens is 365 g/mol. The maximum absolute atomic E-state index is 13.8. The van der Waals surface area contributed by atoms with E-state index in [1.54, 1.807) is 0 Å². The Bertz CT molecular complexity index is 683. The highest BCUT2D eigenvalue weighted by Gasteiger charge is 2.38. The van der Waals surface area contributed by atoms with Gasteiger partial charge < -0.3 is 15.3 Å². The summed E-state index contributed by atoms with van der Waals surface area (Å²) in [6.07, 6.45) is -6.22. The van der Waals surface area contributed by atoms with Crippen molar-refractivity contribution < 1.29 is 36.6 Å². The summed E-state index contributed by atoms with van der Waals surface area (Å²) in [5.74, 6) is -3.20. The third kappa shape index (κ3) is 5.28. The molecule has 1 aromatic carbocycles. The molecule has 1 atom stereocenters. The van der Waals surface area contributed by atoms with E-state index in [4.69, 9.17) is 5.11 Å². The Hall–Kier alpha value is -2.43. The third-order valence-corrected chi connectivity index (χ3v) is 3.83. The fourth-order valence-electron chi connectivity index (χ4n) is 2.71. The predicted molar refractivity (Wildman–Crippen MR) is 79.2 cm³/mol. The van der Waals surface area contributed by atoms with Crippen LogP contribution in [0.3, 0.4) is 0 Å². The molecule has 2 rings (SSSR count). The smallest absolute Gasteiger partial charge is 0.406 e. The summed E-state index contributed by atoms with van der Waals surface area (Å²) in [5, 5.41) is 10.7. The van der Waals surface area contributed by atoms with Gasteiger partial charge in [0.05, 0.1) is 0 Å². The molecule has 0 aromatic heterocycles. The Labute approximate surface area is 145 Å². The molecule has 1 saturated heterocycles. The molecule has 1 aliphatic rings. The molecule has 26 heavy (non-hydrogen) atoms. The van der Waals surface area contributed by atoms with Crippen LogP contribution in [0.25, 0.3) is 0 Å². The van der Waals surface area contributed by atoms with Gasteiger partial charge in [0, 0.05) is 31.7 Å². The van der Waals surface area contributed by atoms with Gasteiger partial charge >= 0.3 is 12.3 Å². The lowest BCUT2D eigenvalue weighted by molar-refractivity contribution is -0.161. The van der Waals surface area contributed by atoms with Crippen LogP contribution >= 0.6 is 0 Å². The molecule has 0 saturated carbocycles. The van der Waals surface area contributed by atoms with Crippen molar-refractivity contribution in [2.45, 2.75) is 18.8 Å². The van der Waals surface area contributed by atoms with Crippen LogP contribution in [0.1, 0.15) is 5.56 Å². The average molecular weight is 381 g/mol. The molecule has 1 heterocycles. The van der Waals surface area contributed by atoms with E-state index in [0.29, 0.717) is 4.90 Å². The Morgan fingerprint density at radius 2 is 1.96 bits per heavy atom. The molecule has 2 N–H and O–H groups in total. The number of benzene rings is 1. The van der Waals surface area contributed by atoms with Crippen molar-refractivity contribution in [3.63, 3.8) is 0 Å². The molecule has 1 aromatic rings. The van der Waals surface area contributed by atoms with Gasteiger partial charge in [-0.1, -0.05) is 12.1 Å². The molecule has 0 aliphatic carbocycles. The molecule has 1 fully saturated rings. The number of hydrogen-bond acceptors (Lipinski definition) is 3. The van der Waals surface area contributed by atoms with Crippen molar-refractivity contribution >= 4 is 12.0 Å². The Morgan fingerprint density at radius 1 is 1.27 bits per heavy atom. The van der Waals surface area contributed by atoms with Gasteiger partial charge in [-0.3, -0.25) is 9.69 Å². The quantitative estimate of drug-likeness (QED) is 0.781. The van der Waals surface area contributed by atoms with Gasteiger partial charge in [-0.2, -0.15) is 13.2 Å². The first-order valence-corrected chi connectivity index (χ1v) is 7.57. The number of carbonyl (C=O) groups is 2. The molecular formula is C15H16F5N3O3. The van der Waals surface area contributed by atoms with Crippen molar-refractivity contribution in [3.8, 4) is 0 Å². The zero-order valence-electron chi connectivity index (χ0n) is 13.4. The zero-order chi connectivity index (χ0) is 19.5. The van der Waals surface area contributed by atoms with E-state index in [0.717, 1.165) is 6.07 Å². The van der Waals surface area contributed by atoms with Crippen molar-refractivity contribution in [3.05, 3.63) is 35.4 Å². The molecule has 0 radical (unpaired) electrons. The number of nitrogens with zero attached hydrogens (tertiary/aromatic N) is 2. The minimum absolute atomic E-state index is 0.0456. The second-order valence-electron chi connectivity index (χ2n) is 5.83. The van der Waals surface area contributed by atoms with Crippen LogP contribution in [0.4, 0.5) is 26.7 Å². The topological polar surface area (TPSA) is 72.9 Å². The summed E-state index contributed by atoms with van der Waals surface area (Å²) < 4.78 is 65.0. The normalized spacial score (nSPS) is 19.3. The van der Waals surface area contributed by atoms with E-state index in [9.17, 15) is 31.5 Å². The third-order valence-electron chi connectivity index (χ3n) is 3.83. The number of carboxylic acid groups (broad SMARTS) is 1. The van der Waals surface area contributed by atoms with Crippen molar-refractivity contribution in [2.75, 3.05) is 26.2 Å². The second-order valence-corrected chi connectivity index (χ2v) is 5.83. The molecule has 0 bridgehead atoms.